The molecule has 5 heteroatoms. The Balaban J connectivity index is 4.29. The first-order valence-electron chi connectivity index (χ1n) is 23.5. The highest BCUT2D eigenvalue weighted by molar-refractivity contribution is 5.70. The fraction of sp³-hybridized carbons (Fsp3) is 0.725. The summed E-state index contributed by atoms with van der Waals surface area (Å²) in [5, 5.41) is 0. The van der Waals surface area contributed by atoms with Crippen molar-refractivity contribution in [2.75, 3.05) is 19.8 Å². The van der Waals surface area contributed by atoms with Crippen molar-refractivity contribution in [3.05, 3.63) is 72.9 Å². The minimum absolute atomic E-state index is 0.0584. The van der Waals surface area contributed by atoms with Gasteiger partial charge in [-0.15, -0.1) is 0 Å². The van der Waals surface area contributed by atoms with E-state index in [1.54, 1.807) is 0 Å². The first-order valence-corrected chi connectivity index (χ1v) is 23.5. The van der Waals surface area contributed by atoms with Gasteiger partial charge in [-0.3, -0.25) is 9.59 Å². The van der Waals surface area contributed by atoms with Gasteiger partial charge in [0.2, 0.25) is 0 Å². The first kappa shape index (κ1) is 53.3. The summed E-state index contributed by atoms with van der Waals surface area (Å²) in [5.41, 5.74) is 0. The minimum Gasteiger partial charge on any atom is -0.462 e. The lowest BCUT2D eigenvalue weighted by molar-refractivity contribution is -0.163. The zero-order chi connectivity index (χ0) is 40.7. The second-order valence-electron chi connectivity index (χ2n) is 15.3. The number of carbonyl (C=O) groups is 2. The number of hydrogen-bond donors (Lipinski definition) is 0. The molecule has 0 saturated carbocycles. The van der Waals surface area contributed by atoms with Crippen molar-refractivity contribution in [2.24, 2.45) is 0 Å². The molecule has 0 spiro atoms. The van der Waals surface area contributed by atoms with Crippen LogP contribution in [0.4, 0.5) is 0 Å². The molecule has 0 fully saturated rings. The second-order valence-corrected chi connectivity index (χ2v) is 15.3. The molecule has 0 saturated heterocycles. The van der Waals surface area contributed by atoms with Crippen LogP contribution in [0, 0.1) is 0 Å². The number of allylic oxidation sites excluding steroid dienone is 12. The average Bonchev–Trinajstić information content (AvgIpc) is 3.20. The summed E-state index contributed by atoms with van der Waals surface area (Å²) in [5.74, 6) is -0.439. The predicted molar refractivity (Wildman–Crippen MR) is 242 cm³/mol. The van der Waals surface area contributed by atoms with Gasteiger partial charge in [-0.1, -0.05) is 190 Å². The summed E-state index contributed by atoms with van der Waals surface area (Å²) in [6.45, 7) is 7.53. The zero-order valence-corrected chi connectivity index (χ0v) is 36.9. The Morgan fingerprint density at radius 3 is 1.32 bits per heavy atom. The van der Waals surface area contributed by atoms with Gasteiger partial charge in [0.05, 0.1) is 6.61 Å². The fourth-order valence-corrected chi connectivity index (χ4v) is 6.25. The maximum absolute atomic E-state index is 12.7. The highest BCUT2D eigenvalue weighted by Crippen LogP contribution is 2.13. The van der Waals surface area contributed by atoms with E-state index in [4.69, 9.17) is 14.2 Å². The topological polar surface area (TPSA) is 61.8 Å². The molecular weight excluding hydrogens is 693 g/mol. The molecule has 0 aromatic carbocycles. The van der Waals surface area contributed by atoms with Crippen LogP contribution in [0.2, 0.25) is 0 Å². The van der Waals surface area contributed by atoms with Gasteiger partial charge < -0.3 is 14.2 Å². The van der Waals surface area contributed by atoms with Crippen LogP contribution in [-0.2, 0) is 23.8 Å². The van der Waals surface area contributed by atoms with Crippen molar-refractivity contribution in [2.45, 2.75) is 219 Å². The molecule has 0 aliphatic rings. The molecule has 0 bridgehead atoms. The molecule has 0 amide bonds. The summed E-state index contributed by atoms with van der Waals surface area (Å²) in [6.07, 6.45) is 59.1. The second kappa shape index (κ2) is 46.7. The first-order chi connectivity index (χ1) is 27.6. The molecule has 1 unspecified atom stereocenters. The number of hydrogen-bond acceptors (Lipinski definition) is 5. The van der Waals surface area contributed by atoms with Crippen molar-refractivity contribution in [1.82, 2.24) is 0 Å². The van der Waals surface area contributed by atoms with Crippen molar-refractivity contribution in [3.8, 4) is 0 Å². The Bertz CT molecular complexity index is 1020. The van der Waals surface area contributed by atoms with Crippen molar-refractivity contribution in [3.63, 3.8) is 0 Å². The molecule has 0 heterocycles. The molecule has 5 nitrogen and oxygen atoms in total. The molecule has 0 aromatic heterocycles. The van der Waals surface area contributed by atoms with E-state index in [9.17, 15) is 9.59 Å². The van der Waals surface area contributed by atoms with Gasteiger partial charge in [0.1, 0.15) is 6.61 Å². The van der Waals surface area contributed by atoms with Gasteiger partial charge >= 0.3 is 11.9 Å². The molecule has 0 N–H and O–H groups in total. The highest BCUT2D eigenvalue weighted by atomic mass is 16.6. The number of ether oxygens (including phenoxy) is 3. The third-order valence-corrected chi connectivity index (χ3v) is 9.73. The van der Waals surface area contributed by atoms with Crippen LogP contribution in [0.15, 0.2) is 72.9 Å². The predicted octanol–water partition coefficient (Wildman–Crippen LogP) is 15.6. The Labute approximate surface area is 347 Å². The number of unbranched alkanes of at least 4 members (excludes halogenated alkanes) is 19. The van der Waals surface area contributed by atoms with Gasteiger partial charge in [0, 0.05) is 19.4 Å². The molecule has 0 aliphatic carbocycles. The maximum atomic E-state index is 12.7. The van der Waals surface area contributed by atoms with E-state index in [2.05, 4.69) is 93.7 Å². The van der Waals surface area contributed by atoms with E-state index in [0.717, 1.165) is 83.5 Å². The molecule has 322 valence electrons. The van der Waals surface area contributed by atoms with Gasteiger partial charge in [0.25, 0.3) is 0 Å². The van der Waals surface area contributed by atoms with Crippen LogP contribution in [-0.4, -0.2) is 37.9 Å². The van der Waals surface area contributed by atoms with E-state index in [-0.39, 0.29) is 25.2 Å². The summed E-state index contributed by atoms with van der Waals surface area (Å²) < 4.78 is 17.2. The van der Waals surface area contributed by atoms with Crippen molar-refractivity contribution in [1.29, 1.82) is 0 Å². The normalized spacial score (nSPS) is 12.8. The van der Waals surface area contributed by atoms with Crippen LogP contribution in [0.1, 0.15) is 213 Å². The maximum Gasteiger partial charge on any atom is 0.306 e. The van der Waals surface area contributed by atoms with E-state index < -0.39 is 6.10 Å². The van der Waals surface area contributed by atoms with Crippen molar-refractivity contribution < 1.29 is 23.8 Å². The Hall–Kier alpha value is -2.66. The Kier molecular flexibility index (Phi) is 44.5. The highest BCUT2D eigenvalue weighted by Gasteiger charge is 2.17. The number of esters is 2. The lowest BCUT2D eigenvalue weighted by atomic mass is 10.1. The third-order valence-electron chi connectivity index (χ3n) is 9.73. The smallest absolute Gasteiger partial charge is 0.306 e. The molecule has 0 radical (unpaired) electrons. The van der Waals surface area contributed by atoms with Gasteiger partial charge in [0.15, 0.2) is 6.10 Å². The summed E-state index contributed by atoms with van der Waals surface area (Å²) in [7, 11) is 0. The van der Waals surface area contributed by atoms with Crippen LogP contribution in [0.25, 0.3) is 0 Å². The quantitative estimate of drug-likeness (QED) is 0.0351. The fourth-order valence-electron chi connectivity index (χ4n) is 6.25. The monoisotopic (exact) mass is 781 g/mol. The van der Waals surface area contributed by atoms with Crippen LogP contribution >= 0.6 is 0 Å². The Morgan fingerprint density at radius 1 is 0.411 bits per heavy atom. The van der Waals surface area contributed by atoms with Crippen molar-refractivity contribution >= 4 is 11.9 Å². The Morgan fingerprint density at radius 2 is 0.804 bits per heavy atom. The van der Waals surface area contributed by atoms with Gasteiger partial charge in [-0.25, -0.2) is 0 Å². The van der Waals surface area contributed by atoms with E-state index >= 15 is 0 Å². The molecule has 56 heavy (non-hydrogen) atoms. The van der Waals surface area contributed by atoms with Gasteiger partial charge in [-0.2, -0.15) is 0 Å². The van der Waals surface area contributed by atoms with Crippen LogP contribution in [0.5, 0.6) is 0 Å². The summed E-state index contributed by atoms with van der Waals surface area (Å²) in [4.78, 5) is 25.2. The number of rotatable bonds is 42. The van der Waals surface area contributed by atoms with Crippen LogP contribution in [0.3, 0.4) is 0 Å². The summed E-state index contributed by atoms with van der Waals surface area (Å²) >= 11 is 0. The SMILES string of the molecule is CC/C=C\C/C=C\C/C=C\C/C=C\CCCOCC(COC(=O)CCCCCCCCC/C=C\C/C=C\CCCCC)OC(=O)CCCCCCCCCCC. The molecule has 0 rings (SSSR count). The van der Waals surface area contributed by atoms with Gasteiger partial charge in [-0.05, 0) is 83.5 Å². The molecule has 0 aliphatic heterocycles. The van der Waals surface area contributed by atoms with E-state index in [0.29, 0.717) is 19.4 Å². The third kappa shape index (κ3) is 44.1. The average molecular weight is 781 g/mol. The lowest BCUT2D eigenvalue weighted by Gasteiger charge is -2.18. The lowest BCUT2D eigenvalue weighted by Crippen LogP contribution is -2.30. The minimum atomic E-state index is -0.565. The zero-order valence-electron chi connectivity index (χ0n) is 36.9. The molecular formula is C51H88O5. The summed E-state index contributed by atoms with van der Waals surface area (Å²) in [6, 6.07) is 0. The number of carbonyl (C=O) groups excluding carboxylic acids is 2. The molecule has 1 atom stereocenters. The standard InChI is InChI=1S/C51H88O5/c1-4-7-10-13-16-19-21-23-25-26-27-28-30-33-35-38-41-44-50(52)55-48-49(56-51(53)45-42-39-36-32-18-15-12-9-6-3)47-54-46-43-40-37-34-31-29-24-22-20-17-14-11-8-5-2/h8,11,16-17,19-20,23-25,29,34,37,49H,4-7,9-10,12-15,18,21-22,26-28,30-33,35-36,38-48H2,1-3H3/b11-8-,19-16-,20-17-,25-23-,29-24-,37-34-. The van der Waals surface area contributed by atoms with E-state index in [1.807, 2.05) is 0 Å². The largest absolute Gasteiger partial charge is 0.462 e. The van der Waals surface area contributed by atoms with E-state index in [1.165, 1.54) is 96.3 Å². The van der Waals surface area contributed by atoms with Crippen LogP contribution < -0.4 is 0 Å². The molecule has 0 aromatic rings.